The average Bonchev–Trinajstić information content (AvgIpc) is 2.77. The number of hydrazine groups is 1. The van der Waals surface area contributed by atoms with Crippen molar-refractivity contribution in [2.45, 2.75) is 32.4 Å². The number of para-hydroxylation sites is 1. The average molecular weight is 382 g/mol. The third-order valence-corrected chi connectivity index (χ3v) is 4.88. The molecule has 0 radical (unpaired) electrons. The van der Waals surface area contributed by atoms with Crippen LogP contribution in [0.25, 0.3) is 11.1 Å². The van der Waals surface area contributed by atoms with E-state index in [1.54, 1.807) is 11.9 Å². The standard InChI is InChI=1S/C21H26N4O3/c1-13(2)12-18(28-24-22)20(26)23-19-16-10-5-4-8-14(16)15-9-6-7-11-17(15)25(3)21(19)27/h4-11,13,18-19,24H,12,22H2,1-3H3,(H,23,26)/t18-,19-/m0/s1. The van der Waals surface area contributed by atoms with Crippen LogP contribution >= 0.6 is 0 Å². The van der Waals surface area contributed by atoms with Crippen molar-refractivity contribution in [2.75, 3.05) is 11.9 Å². The van der Waals surface area contributed by atoms with E-state index in [-0.39, 0.29) is 17.7 Å². The summed E-state index contributed by atoms with van der Waals surface area (Å²) in [6.45, 7) is 3.97. The van der Waals surface area contributed by atoms with Gasteiger partial charge in [0.15, 0.2) is 6.10 Å². The Morgan fingerprint density at radius 1 is 1.14 bits per heavy atom. The molecule has 148 valence electrons. The first-order valence-electron chi connectivity index (χ1n) is 9.31. The maximum Gasteiger partial charge on any atom is 0.253 e. The Morgan fingerprint density at radius 2 is 1.79 bits per heavy atom. The van der Waals surface area contributed by atoms with E-state index in [4.69, 9.17) is 10.7 Å². The summed E-state index contributed by atoms with van der Waals surface area (Å²) in [6, 6.07) is 14.5. The summed E-state index contributed by atoms with van der Waals surface area (Å²) in [5.41, 5.74) is 5.52. The van der Waals surface area contributed by atoms with Crippen LogP contribution in [-0.4, -0.2) is 25.0 Å². The molecular weight excluding hydrogens is 356 g/mol. The number of hydrogen-bond donors (Lipinski definition) is 3. The van der Waals surface area contributed by atoms with Gasteiger partial charge in [-0.2, -0.15) is 0 Å². The molecule has 2 aromatic carbocycles. The Bertz CT molecular complexity index is 868. The number of carbonyl (C=O) groups excluding carboxylic acids is 2. The molecule has 0 aliphatic carbocycles. The Kier molecular flexibility index (Phi) is 6.08. The van der Waals surface area contributed by atoms with E-state index in [0.717, 1.165) is 22.4 Å². The lowest BCUT2D eigenvalue weighted by atomic mass is 9.95. The second-order valence-electron chi connectivity index (χ2n) is 7.30. The van der Waals surface area contributed by atoms with Gasteiger partial charge >= 0.3 is 0 Å². The second kappa shape index (κ2) is 8.52. The summed E-state index contributed by atoms with van der Waals surface area (Å²) in [7, 11) is 1.72. The number of carbonyl (C=O) groups is 2. The SMILES string of the molecule is CC(C)C[C@H](ONN)C(=O)N[C@@H]1C(=O)N(C)c2ccccc2-c2ccccc21. The lowest BCUT2D eigenvalue weighted by Gasteiger charge is -2.25. The maximum absolute atomic E-state index is 13.2. The highest BCUT2D eigenvalue weighted by molar-refractivity contribution is 6.06. The zero-order chi connectivity index (χ0) is 20.3. The Hall–Kier alpha value is -2.74. The van der Waals surface area contributed by atoms with Crippen molar-refractivity contribution in [3.05, 3.63) is 54.1 Å². The number of nitrogens with zero attached hydrogens (tertiary/aromatic N) is 1. The third kappa shape index (κ3) is 3.91. The topological polar surface area (TPSA) is 96.7 Å². The lowest BCUT2D eigenvalue weighted by Crippen LogP contribution is -2.47. The van der Waals surface area contributed by atoms with Gasteiger partial charge in [-0.15, -0.1) is 5.59 Å². The van der Waals surface area contributed by atoms with Gasteiger partial charge in [-0.25, -0.2) is 5.84 Å². The van der Waals surface area contributed by atoms with Crippen LogP contribution in [0, 0.1) is 5.92 Å². The molecule has 7 heteroatoms. The molecule has 2 amide bonds. The van der Waals surface area contributed by atoms with E-state index in [2.05, 4.69) is 10.9 Å². The zero-order valence-corrected chi connectivity index (χ0v) is 16.3. The molecule has 0 unspecified atom stereocenters. The van der Waals surface area contributed by atoms with Gasteiger partial charge in [0.2, 0.25) is 0 Å². The fourth-order valence-corrected chi connectivity index (χ4v) is 3.53. The molecule has 1 aliphatic heterocycles. The van der Waals surface area contributed by atoms with Crippen molar-refractivity contribution in [3.8, 4) is 11.1 Å². The van der Waals surface area contributed by atoms with Crippen molar-refractivity contribution >= 4 is 17.5 Å². The second-order valence-corrected chi connectivity index (χ2v) is 7.30. The van der Waals surface area contributed by atoms with Crippen LogP contribution in [0.2, 0.25) is 0 Å². The van der Waals surface area contributed by atoms with Crippen LogP contribution < -0.4 is 21.6 Å². The van der Waals surface area contributed by atoms with Gasteiger partial charge in [-0.3, -0.25) is 14.4 Å². The molecule has 0 saturated heterocycles. The van der Waals surface area contributed by atoms with Crippen molar-refractivity contribution in [2.24, 2.45) is 11.8 Å². The number of nitrogens with two attached hydrogens (primary N) is 1. The Labute approximate surface area is 164 Å². The number of anilines is 1. The smallest absolute Gasteiger partial charge is 0.253 e. The van der Waals surface area contributed by atoms with E-state index >= 15 is 0 Å². The third-order valence-electron chi connectivity index (χ3n) is 4.88. The van der Waals surface area contributed by atoms with Crippen LogP contribution in [0.15, 0.2) is 48.5 Å². The fraction of sp³-hybridized carbons (Fsp3) is 0.333. The van der Waals surface area contributed by atoms with E-state index in [1.165, 1.54) is 0 Å². The summed E-state index contributed by atoms with van der Waals surface area (Å²) in [5.74, 6) is 4.87. The van der Waals surface area contributed by atoms with Crippen LogP contribution in [-0.2, 0) is 14.4 Å². The Morgan fingerprint density at radius 3 is 2.46 bits per heavy atom. The normalized spacial score (nSPS) is 17.0. The number of nitrogens with one attached hydrogen (secondary N) is 2. The van der Waals surface area contributed by atoms with Crippen LogP contribution in [0.3, 0.4) is 0 Å². The number of benzene rings is 2. The largest absolute Gasteiger partial charge is 0.338 e. The minimum atomic E-state index is -0.822. The van der Waals surface area contributed by atoms with Gasteiger partial charge in [-0.1, -0.05) is 56.3 Å². The molecule has 1 aliphatic rings. The summed E-state index contributed by atoms with van der Waals surface area (Å²) in [5, 5.41) is 2.87. The van der Waals surface area contributed by atoms with Crippen molar-refractivity contribution in [1.29, 1.82) is 0 Å². The monoisotopic (exact) mass is 382 g/mol. The predicted octanol–water partition coefficient (Wildman–Crippen LogP) is 2.30. The quantitative estimate of drug-likeness (QED) is 0.526. The first kappa shape index (κ1) is 20.0. The molecule has 0 bridgehead atoms. The lowest BCUT2D eigenvalue weighted by molar-refractivity contribution is -0.142. The summed E-state index contributed by atoms with van der Waals surface area (Å²) in [6.07, 6.45) is -0.338. The van der Waals surface area contributed by atoms with E-state index in [0.29, 0.717) is 6.42 Å². The van der Waals surface area contributed by atoms with Gasteiger partial charge in [0.1, 0.15) is 6.04 Å². The number of likely N-dealkylation sites (N-methyl/N-ethyl adjacent to an activating group) is 1. The molecular formula is C21H26N4O3. The maximum atomic E-state index is 13.2. The van der Waals surface area contributed by atoms with Crippen LogP contribution in [0.5, 0.6) is 0 Å². The number of hydrogen-bond acceptors (Lipinski definition) is 5. The minimum absolute atomic E-state index is 0.213. The predicted molar refractivity (Wildman–Crippen MR) is 108 cm³/mol. The summed E-state index contributed by atoms with van der Waals surface area (Å²) < 4.78 is 0. The van der Waals surface area contributed by atoms with Crippen molar-refractivity contribution in [3.63, 3.8) is 0 Å². The van der Waals surface area contributed by atoms with E-state index in [1.807, 2.05) is 62.4 Å². The van der Waals surface area contributed by atoms with E-state index in [9.17, 15) is 9.59 Å². The van der Waals surface area contributed by atoms with Gasteiger partial charge in [-0.05, 0) is 29.5 Å². The fourth-order valence-electron chi connectivity index (χ4n) is 3.53. The molecule has 0 fully saturated rings. The van der Waals surface area contributed by atoms with Gasteiger partial charge < -0.3 is 10.2 Å². The molecule has 1 heterocycles. The molecule has 0 aromatic heterocycles. The molecule has 4 N–H and O–H groups in total. The zero-order valence-electron chi connectivity index (χ0n) is 16.3. The molecule has 2 atom stereocenters. The Balaban J connectivity index is 1.99. The number of rotatable bonds is 6. The molecule has 28 heavy (non-hydrogen) atoms. The molecule has 7 nitrogen and oxygen atoms in total. The molecule has 3 rings (SSSR count). The summed E-state index contributed by atoms with van der Waals surface area (Å²) in [4.78, 5) is 32.9. The van der Waals surface area contributed by atoms with Crippen LogP contribution in [0.4, 0.5) is 5.69 Å². The molecule has 2 aromatic rings. The van der Waals surface area contributed by atoms with Gasteiger partial charge in [0.05, 0.1) is 5.69 Å². The number of amides is 2. The summed E-state index contributed by atoms with van der Waals surface area (Å²) >= 11 is 0. The van der Waals surface area contributed by atoms with Crippen molar-refractivity contribution in [1.82, 2.24) is 10.9 Å². The van der Waals surface area contributed by atoms with Crippen LogP contribution in [0.1, 0.15) is 31.9 Å². The highest BCUT2D eigenvalue weighted by Gasteiger charge is 2.34. The first-order chi connectivity index (χ1) is 13.4. The molecule has 0 saturated carbocycles. The molecule has 0 spiro atoms. The highest BCUT2D eigenvalue weighted by Crippen LogP contribution is 2.39. The highest BCUT2D eigenvalue weighted by atomic mass is 16.7. The minimum Gasteiger partial charge on any atom is -0.338 e. The van der Waals surface area contributed by atoms with E-state index < -0.39 is 12.1 Å². The van der Waals surface area contributed by atoms with Crippen molar-refractivity contribution < 1.29 is 14.4 Å². The van der Waals surface area contributed by atoms with Gasteiger partial charge in [0, 0.05) is 12.6 Å². The number of fused-ring (bicyclic) bond motifs is 3. The van der Waals surface area contributed by atoms with Gasteiger partial charge in [0.25, 0.3) is 11.8 Å². The first-order valence-corrected chi connectivity index (χ1v) is 9.31.